The molecular formula is C19H27Cl2N3O2. The predicted octanol–water partition coefficient (Wildman–Crippen LogP) is 2.98. The van der Waals surface area contributed by atoms with Crippen molar-refractivity contribution in [2.45, 2.75) is 12.5 Å². The molecule has 0 aromatic heterocycles. The lowest BCUT2D eigenvalue weighted by Crippen LogP contribution is -2.37. The first-order valence-corrected chi connectivity index (χ1v) is 8.02. The standard InChI is InChI=1S/C19H25N3O2.2ClH/c1-22(2)11-12-24-17-10-6-9-16(14-17)21-19(23)18(20)13-15-7-4-3-5-8-15;;/h3-10,14,18H,11-13,20H2,1-2H3,(H,21,23);2*1H/t18-;;/m0../s1. The molecule has 26 heavy (non-hydrogen) atoms. The third-order valence-corrected chi connectivity index (χ3v) is 3.54. The molecule has 0 saturated carbocycles. The molecule has 1 amide bonds. The molecule has 3 N–H and O–H groups in total. The Morgan fingerprint density at radius 1 is 1.12 bits per heavy atom. The minimum atomic E-state index is -0.592. The maximum Gasteiger partial charge on any atom is 0.241 e. The summed E-state index contributed by atoms with van der Waals surface area (Å²) in [6, 6.07) is 16.5. The second kappa shape index (κ2) is 12.5. The van der Waals surface area contributed by atoms with Gasteiger partial charge in [-0.15, -0.1) is 24.8 Å². The van der Waals surface area contributed by atoms with Crippen LogP contribution in [0.2, 0.25) is 0 Å². The zero-order chi connectivity index (χ0) is 17.4. The van der Waals surface area contributed by atoms with E-state index in [1.807, 2.05) is 73.6 Å². The van der Waals surface area contributed by atoms with Crippen LogP contribution in [0.1, 0.15) is 5.56 Å². The minimum Gasteiger partial charge on any atom is -0.492 e. The Morgan fingerprint density at radius 3 is 2.46 bits per heavy atom. The van der Waals surface area contributed by atoms with Crippen molar-refractivity contribution >= 4 is 36.4 Å². The van der Waals surface area contributed by atoms with Gasteiger partial charge in [0, 0.05) is 18.3 Å². The molecule has 0 aliphatic rings. The Kier molecular flexibility index (Phi) is 11.7. The number of hydrogen-bond acceptors (Lipinski definition) is 4. The monoisotopic (exact) mass is 399 g/mol. The summed E-state index contributed by atoms with van der Waals surface area (Å²) in [5, 5.41) is 2.85. The van der Waals surface area contributed by atoms with Crippen molar-refractivity contribution < 1.29 is 9.53 Å². The molecular weight excluding hydrogens is 373 g/mol. The number of benzene rings is 2. The van der Waals surface area contributed by atoms with Crippen molar-refractivity contribution in [1.82, 2.24) is 4.90 Å². The highest BCUT2D eigenvalue weighted by Crippen LogP contribution is 2.17. The van der Waals surface area contributed by atoms with E-state index in [0.29, 0.717) is 18.7 Å². The number of carbonyl (C=O) groups excluding carboxylic acids is 1. The van der Waals surface area contributed by atoms with E-state index >= 15 is 0 Å². The van der Waals surface area contributed by atoms with Gasteiger partial charge in [-0.1, -0.05) is 36.4 Å². The Labute approximate surface area is 167 Å². The average molecular weight is 400 g/mol. The third kappa shape index (κ3) is 8.54. The predicted molar refractivity (Wildman–Crippen MR) is 112 cm³/mol. The fourth-order valence-electron chi connectivity index (χ4n) is 2.21. The van der Waals surface area contributed by atoms with Crippen LogP contribution < -0.4 is 15.8 Å². The molecule has 2 rings (SSSR count). The highest BCUT2D eigenvalue weighted by molar-refractivity contribution is 5.95. The largest absolute Gasteiger partial charge is 0.492 e. The van der Waals surface area contributed by atoms with Crippen molar-refractivity contribution in [3.63, 3.8) is 0 Å². The van der Waals surface area contributed by atoms with Crippen LogP contribution in [0.15, 0.2) is 54.6 Å². The number of carbonyl (C=O) groups is 1. The highest BCUT2D eigenvalue weighted by atomic mass is 35.5. The number of hydrogen-bond donors (Lipinski definition) is 2. The molecule has 0 aliphatic carbocycles. The summed E-state index contributed by atoms with van der Waals surface area (Å²) in [5.74, 6) is 0.524. The molecule has 7 heteroatoms. The summed E-state index contributed by atoms with van der Waals surface area (Å²) >= 11 is 0. The van der Waals surface area contributed by atoms with Crippen LogP contribution >= 0.6 is 24.8 Å². The number of nitrogens with zero attached hydrogens (tertiary/aromatic N) is 1. The second-order valence-corrected chi connectivity index (χ2v) is 5.97. The van der Waals surface area contributed by atoms with E-state index in [1.165, 1.54) is 0 Å². The number of likely N-dealkylation sites (N-methyl/N-ethyl adjacent to an activating group) is 1. The van der Waals surface area contributed by atoms with Gasteiger partial charge in [-0.2, -0.15) is 0 Å². The number of anilines is 1. The molecule has 2 aromatic rings. The summed E-state index contributed by atoms with van der Waals surface area (Å²) in [5.41, 5.74) is 7.73. The van der Waals surface area contributed by atoms with Crippen LogP contribution in [0.5, 0.6) is 5.75 Å². The lowest BCUT2D eigenvalue weighted by molar-refractivity contribution is -0.117. The number of nitrogens with one attached hydrogen (secondary N) is 1. The van der Waals surface area contributed by atoms with Crippen LogP contribution in [-0.4, -0.2) is 44.1 Å². The number of rotatable bonds is 8. The Balaban J connectivity index is 0.00000312. The van der Waals surface area contributed by atoms with Gasteiger partial charge in [0.05, 0.1) is 6.04 Å². The van der Waals surface area contributed by atoms with Crippen LogP contribution in [-0.2, 0) is 11.2 Å². The summed E-state index contributed by atoms with van der Waals surface area (Å²) in [6.45, 7) is 1.43. The molecule has 0 radical (unpaired) electrons. The lowest BCUT2D eigenvalue weighted by atomic mass is 10.1. The van der Waals surface area contributed by atoms with Gasteiger partial charge in [-0.3, -0.25) is 4.79 Å². The zero-order valence-electron chi connectivity index (χ0n) is 15.1. The quantitative estimate of drug-likeness (QED) is 0.715. The first-order chi connectivity index (χ1) is 11.5. The van der Waals surface area contributed by atoms with Crippen molar-refractivity contribution in [3.05, 3.63) is 60.2 Å². The molecule has 0 heterocycles. The van der Waals surface area contributed by atoms with Crippen molar-refractivity contribution in [2.75, 3.05) is 32.6 Å². The maximum atomic E-state index is 12.2. The van der Waals surface area contributed by atoms with Crippen LogP contribution in [0, 0.1) is 0 Å². The van der Waals surface area contributed by atoms with Crippen molar-refractivity contribution in [2.24, 2.45) is 5.73 Å². The van der Waals surface area contributed by atoms with Gasteiger partial charge in [0.15, 0.2) is 0 Å². The number of nitrogens with two attached hydrogens (primary N) is 1. The van der Waals surface area contributed by atoms with E-state index in [2.05, 4.69) is 5.32 Å². The molecule has 144 valence electrons. The number of ether oxygens (including phenoxy) is 1. The lowest BCUT2D eigenvalue weighted by Gasteiger charge is -2.14. The van der Waals surface area contributed by atoms with Crippen LogP contribution in [0.3, 0.4) is 0 Å². The first-order valence-electron chi connectivity index (χ1n) is 8.02. The molecule has 2 aromatic carbocycles. The van der Waals surface area contributed by atoms with Crippen molar-refractivity contribution in [1.29, 1.82) is 0 Å². The van der Waals surface area contributed by atoms with Gasteiger partial charge >= 0.3 is 0 Å². The molecule has 0 fully saturated rings. The summed E-state index contributed by atoms with van der Waals surface area (Å²) in [7, 11) is 3.99. The summed E-state index contributed by atoms with van der Waals surface area (Å²) < 4.78 is 5.67. The average Bonchev–Trinajstić information content (AvgIpc) is 2.55. The normalized spacial score (nSPS) is 11.1. The van der Waals surface area contributed by atoms with E-state index in [-0.39, 0.29) is 30.7 Å². The number of halogens is 2. The topological polar surface area (TPSA) is 67.6 Å². The van der Waals surface area contributed by atoms with Gasteiger partial charge in [0.25, 0.3) is 0 Å². The fourth-order valence-corrected chi connectivity index (χ4v) is 2.21. The van der Waals surface area contributed by atoms with Crippen molar-refractivity contribution in [3.8, 4) is 5.75 Å². The van der Waals surface area contributed by atoms with E-state index < -0.39 is 6.04 Å². The van der Waals surface area contributed by atoms with E-state index in [1.54, 1.807) is 0 Å². The van der Waals surface area contributed by atoms with E-state index in [0.717, 1.165) is 17.9 Å². The number of amides is 1. The molecule has 0 bridgehead atoms. The Bertz CT molecular complexity index is 654. The van der Waals surface area contributed by atoms with Gasteiger partial charge in [-0.25, -0.2) is 0 Å². The minimum absolute atomic E-state index is 0. The third-order valence-electron chi connectivity index (χ3n) is 3.54. The Hall–Kier alpha value is -1.79. The molecule has 0 aliphatic heterocycles. The molecule has 1 atom stereocenters. The SMILES string of the molecule is CN(C)CCOc1cccc(NC(=O)[C@@H](N)Cc2ccccc2)c1.Cl.Cl. The molecule has 0 unspecified atom stereocenters. The first kappa shape index (κ1) is 24.2. The van der Waals surface area contributed by atoms with Gasteiger partial charge < -0.3 is 20.7 Å². The smallest absolute Gasteiger partial charge is 0.241 e. The zero-order valence-corrected chi connectivity index (χ0v) is 16.7. The summed E-state index contributed by atoms with van der Waals surface area (Å²) in [6.07, 6.45) is 0.506. The van der Waals surface area contributed by atoms with Crippen LogP contribution in [0.25, 0.3) is 0 Å². The van der Waals surface area contributed by atoms with Gasteiger partial charge in [0.2, 0.25) is 5.91 Å². The molecule has 0 spiro atoms. The highest BCUT2D eigenvalue weighted by Gasteiger charge is 2.14. The van der Waals surface area contributed by atoms with Gasteiger partial charge in [0.1, 0.15) is 12.4 Å². The molecule has 0 saturated heterocycles. The van der Waals surface area contributed by atoms with Gasteiger partial charge in [-0.05, 0) is 38.2 Å². The fraction of sp³-hybridized carbons (Fsp3) is 0.316. The van der Waals surface area contributed by atoms with E-state index in [4.69, 9.17) is 10.5 Å². The second-order valence-electron chi connectivity index (χ2n) is 5.97. The maximum absolute atomic E-state index is 12.2. The summed E-state index contributed by atoms with van der Waals surface area (Å²) in [4.78, 5) is 14.3. The van der Waals surface area contributed by atoms with Crippen LogP contribution in [0.4, 0.5) is 5.69 Å². The Morgan fingerprint density at radius 2 is 1.81 bits per heavy atom. The molecule has 5 nitrogen and oxygen atoms in total. The van der Waals surface area contributed by atoms with E-state index in [9.17, 15) is 4.79 Å².